The molecule has 0 heterocycles. The maximum atomic E-state index is 12.4. The summed E-state index contributed by atoms with van der Waals surface area (Å²) in [4.78, 5) is 12.4. The molecule has 0 aliphatic carbocycles. The molecule has 2 N–H and O–H groups in total. The van der Waals surface area contributed by atoms with Crippen LogP contribution in [0.5, 0.6) is 0 Å². The minimum absolute atomic E-state index is 0.0310. The number of ether oxygens (including phenoxy) is 1. The lowest BCUT2D eigenvalue weighted by molar-refractivity contribution is -0.145. The van der Waals surface area contributed by atoms with E-state index in [0.717, 1.165) is 20.6 Å². The molecule has 0 bridgehead atoms. The molecule has 0 spiro atoms. The zero-order chi connectivity index (χ0) is 19.3. The first-order chi connectivity index (χ1) is 12.2. The van der Waals surface area contributed by atoms with Crippen molar-refractivity contribution in [1.82, 2.24) is 4.31 Å². The molecule has 0 fully saturated rings. The van der Waals surface area contributed by atoms with Crippen molar-refractivity contribution in [3.8, 4) is 0 Å². The first-order valence-corrected chi connectivity index (χ1v) is 10.5. The fourth-order valence-electron chi connectivity index (χ4n) is 2.61. The van der Waals surface area contributed by atoms with Gasteiger partial charge in [-0.1, -0.05) is 46.3 Å². The van der Waals surface area contributed by atoms with Gasteiger partial charge in [0.25, 0.3) is 0 Å². The van der Waals surface area contributed by atoms with Crippen molar-refractivity contribution < 1.29 is 17.9 Å². The largest absolute Gasteiger partial charge is 0.468 e. The molecule has 0 amide bonds. The molecule has 0 aromatic heterocycles. The van der Waals surface area contributed by atoms with E-state index in [1.165, 1.54) is 7.11 Å². The Labute approximate surface area is 162 Å². The van der Waals surface area contributed by atoms with Crippen LogP contribution in [0.3, 0.4) is 0 Å². The van der Waals surface area contributed by atoms with Crippen molar-refractivity contribution in [2.45, 2.75) is 19.0 Å². The van der Waals surface area contributed by atoms with Gasteiger partial charge in [0.2, 0.25) is 10.0 Å². The summed E-state index contributed by atoms with van der Waals surface area (Å²) in [5.74, 6) is -0.618. The third-order valence-electron chi connectivity index (χ3n) is 3.95. The lowest BCUT2D eigenvalue weighted by Crippen LogP contribution is -2.46. The van der Waals surface area contributed by atoms with Crippen LogP contribution in [0.4, 0.5) is 5.69 Å². The Hall–Kier alpha value is -1.90. The summed E-state index contributed by atoms with van der Waals surface area (Å²) >= 11 is 3.35. The Morgan fingerprint density at radius 3 is 2.46 bits per heavy atom. The molecule has 0 aliphatic heterocycles. The summed E-state index contributed by atoms with van der Waals surface area (Å²) in [5.41, 5.74) is 7.87. The molecule has 0 radical (unpaired) electrons. The molecule has 1 atom stereocenters. The van der Waals surface area contributed by atoms with E-state index in [9.17, 15) is 13.2 Å². The Morgan fingerprint density at radius 1 is 1.23 bits per heavy atom. The van der Waals surface area contributed by atoms with Gasteiger partial charge in [-0.05, 0) is 35.7 Å². The third-order valence-corrected chi connectivity index (χ3v) is 5.68. The smallest absolute Gasteiger partial charge is 0.324 e. The number of anilines is 1. The molecule has 2 aromatic rings. The van der Waals surface area contributed by atoms with Gasteiger partial charge in [0, 0.05) is 16.7 Å². The van der Waals surface area contributed by atoms with E-state index in [4.69, 9.17) is 10.5 Å². The van der Waals surface area contributed by atoms with E-state index in [1.54, 1.807) is 18.2 Å². The van der Waals surface area contributed by atoms with Crippen molar-refractivity contribution in [1.29, 1.82) is 0 Å². The number of rotatable bonds is 7. The number of nitrogens with two attached hydrogens (primary N) is 1. The van der Waals surface area contributed by atoms with E-state index < -0.39 is 22.0 Å². The van der Waals surface area contributed by atoms with Crippen LogP contribution in [0.1, 0.15) is 11.1 Å². The van der Waals surface area contributed by atoms with Crippen molar-refractivity contribution >= 4 is 37.6 Å². The highest BCUT2D eigenvalue weighted by atomic mass is 79.9. The van der Waals surface area contributed by atoms with Gasteiger partial charge in [-0.3, -0.25) is 4.79 Å². The van der Waals surface area contributed by atoms with Gasteiger partial charge in [-0.25, -0.2) is 8.42 Å². The van der Waals surface area contributed by atoms with Crippen molar-refractivity contribution in [3.05, 3.63) is 64.1 Å². The predicted molar refractivity (Wildman–Crippen MR) is 105 cm³/mol. The zero-order valence-electron chi connectivity index (χ0n) is 14.6. The van der Waals surface area contributed by atoms with Crippen LogP contribution in [0.25, 0.3) is 0 Å². The van der Waals surface area contributed by atoms with Crippen molar-refractivity contribution in [2.24, 2.45) is 0 Å². The number of nitrogens with zero attached hydrogens (tertiary/aromatic N) is 1. The quantitative estimate of drug-likeness (QED) is 0.527. The predicted octanol–water partition coefficient (Wildman–Crippen LogP) is 2.58. The molecule has 0 saturated carbocycles. The van der Waals surface area contributed by atoms with Crippen LogP contribution < -0.4 is 5.73 Å². The van der Waals surface area contributed by atoms with Crippen LogP contribution in [0.2, 0.25) is 0 Å². The monoisotopic (exact) mass is 440 g/mol. The molecule has 0 unspecified atom stereocenters. The van der Waals surface area contributed by atoms with Gasteiger partial charge in [0.05, 0.1) is 13.4 Å². The van der Waals surface area contributed by atoms with Crippen LogP contribution in [-0.4, -0.2) is 38.1 Å². The van der Waals surface area contributed by atoms with E-state index in [2.05, 4.69) is 15.9 Å². The maximum absolute atomic E-state index is 12.4. The van der Waals surface area contributed by atoms with Crippen molar-refractivity contribution in [2.75, 3.05) is 19.1 Å². The highest BCUT2D eigenvalue weighted by Gasteiger charge is 2.34. The number of nitrogen functional groups attached to an aromatic ring is 1. The second-order valence-corrected chi connectivity index (χ2v) is 8.73. The number of halogens is 1. The first kappa shape index (κ1) is 20.4. The number of sulfonamides is 1. The van der Waals surface area contributed by atoms with Crippen LogP contribution in [-0.2, 0) is 32.5 Å². The Bertz CT molecular complexity index is 872. The first-order valence-electron chi connectivity index (χ1n) is 7.85. The number of hydrogen-bond acceptors (Lipinski definition) is 5. The molecule has 0 saturated heterocycles. The summed E-state index contributed by atoms with van der Waals surface area (Å²) in [7, 11) is -2.46. The third kappa shape index (κ3) is 5.30. The zero-order valence-corrected chi connectivity index (χ0v) is 17.0. The lowest BCUT2D eigenvalue weighted by Gasteiger charge is -2.28. The summed E-state index contributed by atoms with van der Waals surface area (Å²) in [5, 5.41) is 0. The Morgan fingerprint density at radius 2 is 1.88 bits per heavy atom. The number of esters is 1. The fraction of sp³-hybridized carbons (Fsp3) is 0.278. The molecular weight excluding hydrogens is 420 g/mol. The highest BCUT2D eigenvalue weighted by Crippen LogP contribution is 2.24. The molecule has 140 valence electrons. The average molecular weight is 441 g/mol. The number of methoxy groups -OCH3 is 1. The SMILES string of the molecule is COC(=O)[C@H](Cc1ccccc1)N(Cc1cc(Br)ccc1N)S(C)(=O)=O. The van der Waals surface area contributed by atoms with Gasteiger partial charge >= 0.3 is 5.97 Å². The summed E-state index contributed by atoms with van der Waals surface area (Å²) in [6.45, 7) is -0.0310. The second kappa shape index (κ2) is 8.66. The van der Waals surface area contributed by atoms with Crippen molar-refractivity contribution in [3.63, 3.8) is 0 Å². The number of carbonyl (C=O) groups excluding carboxylic acids is 1. The van der Waals surface area contributed by atoms with Crippen LogP contribution in [0.15, 0.2) is 53.0 Å². The normalized spacial score (nSPS) is 12.8. The minimum Gasteiger partial charge on any atom is -0.468 e. The van der Waals surface area contributed by atoms with Gasteiger partial charge in [0.1, 0.15) is 6.04 Å². The molecular formula is C18H21BrN2O4S. The van der Waals surface area contributed by atoms with Gasteiger partial charge < -0.3 is 10.5 Å². The summed E-state index contributed by atoms with van der Waals surface area (Å²) in [6.07, 6.45) is 1.27. The summed E-state index contributed by atoms with van der Waals surface area (Å²) < 4.78 is 31.7. The van der Waals surface area contributed by atoms with E-state index >= 15 is 0 Å². The topological polar surface area (TPSA) is 89.7 Å². The minimum atomic E-state index is -3.71. The van der Waals surface area contributed by atoms with E-state index in [1.807, 2.05) is 30.3 Å². The van der Waals surface area contributed by atoms with E-state index in [-0.39, 0.29) is 13.0 Å². The Kier molecular flexibility index (Phi) is 6.80. The standard InChI is InChI=1S/C18H21BrN2O4S/c1-25-18(22)17(10-13-6-4-3-5-7-13)21(26(2,23)24)12-14-11-15(19)8-9-16(14)20/h3-9,11,17H,10,12,20H2,1-2H3/t17-/m0/s1. The molecule has 26 heavy (non-hydrogen) atoms. The Balaban J connectivity index is 2.43. The number of benzene rings is 2. The van der Waals surface area contributed by atoms with Gasteiger partial charge in [0.15, 0.2) is 0 Å². The molecule has 2 rings (SSSR count). The fourth-order valence-corrected chi connectivity index (χ4v) is 4.02. The highest BCUT2D eigenvalue weighted by molar-refractivity contribution is 9.10. The lowest BCUT2D eigenvalue weighted by atomic mass is 10.1. The average Bonchev–Trinajstić information content (AvgIpc) is 2.60. The molecule has 2 aromatic carbocycles. The molecule has 8 heteroatoms. The van der Waals surface area contributed by atoms with E-state index in [0.29, 0.717) is 11.3 Å². The van der Waals surface area contributed by atoms with Crippen LogP contribution in [0, 0.1) is 0 Å². The molecule has 6 nitrogen and oxygen atoms in total. The number of carbonyl (C=O) groups is 1. The van der Waals surface area contributed by atoms with Gasteiger partial charge in [-0.15, -0.1) is 0 Å². The van der Waals surface area contributed by atoms with Crippen LogP contribution >= 0.6 is 15.9 Å². The second-order valence-electron chi connectivity index (χ2n) is 5.88. The molecule has 0 aliphatic rings. The summed E-state index contributed by atoms with van der Waals surface area (Å²) in [6, 6.07) is 13.4. The maximum Gasteiger partial charge on any atom is 0.324 e. The van der Waals surface area contributed by atoms with Gasteiger partial charge in [-0.2, -0.15) is 4.31 Å². The number of hydrogen-bond donors (Lipinski definition) is 1.